The van der Waals surface area contributed by atoms with Crippen LogP contribution < -0.4 is 15.2 Å². The number of phenols is 1. The highest BCUT2D eigenvalue weighted by Crippen LogP contribution is 2.28. The van der Waals surface area contributed by atoms with E-state index in [0.717, 1.165) is 55.2 Å². The van der Waals surface area contributed by atoms with Crippen LogP contribution in [0.5, 0.6) is 11.5 Å². The van der Waals surface area contributed by atoms with Gasteiger partial charge in [-0.3, -0.25) is 14.7 Å². The minimum Gasteiger partial charge on any atom is -0.504 e. The van der Waals surface area contributed by atoms with E-state index in [9.17, 15) is 9.90 Å². The number of nitrogens with zero attached hydrogens (tertiary/aromatic N) is 3. The van der Waals surface area contributed by atoms with Crippen LogP contribution in [-0.2, 0) is 19.5 Å². The van der Waals surface area contributed by atoms with E-state index < -0.39 is 0 Å². The molecule has 0 spiro atoms. The molecule has 0 bridgehead atoms. The molecule has 2 aliphatic heterocycles. The summed E-state index contributed by atoms with van der Waals surface area (Å²) in [6, 6.07) is 5.43. The molecule has 2 N–H and O–H groups in total. The first-order valence-electron chi connectivity index (χ1n) is 9.98. The van der Waals surface area contributed by atoms with Crippen molar-refractivity contribution in [2.45, 2.75) is 39.3 Å². The van der Waals surface area contributed by atoms with Crippen LogP contribution in [0.4, 0.5) is 5.95 Å². The fraction of sp³-hybridized carbons (Fsp3) is 0.524. The average molecular weight is 384 g/mol. The molecule has 0 aliphatic carbocycles. The van der Waals surface area contributed by atoms with Gasteiger partial charge in [-0.25, -0.2) is 4.98 Å². The molecular weight excluding hydrogens is 356 g/mol. The first-order valence-corrected chi connectivity index (χ1v) is 9.98. The van der Waals surface area contributed by atoms with Gasteiger partial charge in [-0.15, -0.1) is 0 Å². The quantitative estimate of drug-likeness (QED) is 0.842. The Bertz CT molecular complexity index is 911. The number of ether oxygens (including phenoxy) is 1. The molecule has 0 amide bonds. The van der Waals surface area contributed by atoms with Crippen LogP contribution in [0.25, 0.3) is 0 Å². The summed E-state index contributed by atoms with van der Waals surface area (Å²) in [6.45, 7) is 6.24. The average Bonchev–Trinajstić information content (AvgIpc) is 2.68. The van der Waals surface area contributed by atoms with Gasteiger partial charge in [-0.1, -0.05) is 13.0 Å². The zero-order chi connectivity index (χ0) is 19.7. The van der Waals surface area contributed by atoms with Gasteiger partial charge >= 0.3 is 0 Å². The smallest absolute Gasteiger partial charge is 0.257 e. The topological polar surface area (TPSA) is 81.7 Å². The number of hydrogen-bond donors (Lipinski definition) is 2. The summed E-state index contributed by atoms with van der Waals surface area (Å²) in [7, 11) is 1.54. The van der Waals surface area contributed by atoms with E-state index in [1.54, 1.807) is 12.1 Å². The van der Waals surface area contributed by atoms with E-state index in [-0.39, 0.29) is 11.3 Å². The lowest BCUT2D eigenvalue weighted by molar-refractivity contribution is 0.241. The molecule has 1 aromatic heterocycles. The van der Waals surface area contributed by atoms with E-state index in [1.807, 2.05) is 6.07 Å². The molecule has 1 atom stereocenters. The van der Waals surface area contributed by atoms with Crippen LogP contribution in [-0.4, -0.2) is 46.7 Å². The second-order valence-corrected chi connectivity index (χ2v) is 7.98. The van der Waals surface area contributed by atoms with Gasteiger partial charge in [0, 0.05) is 39.1 Å². The first-order chi connectivity index (χ1) is 13.5. The minimum atomic E-state index is -0.0273. The molecule has 28 heavy (non-hydrogen) atoms. The van der Waals surface area contributed by atoms with Crippen molar-refractivity contribution in [2.75, 3.05) is 31.6 Å². The van der Waals surface area contributed by atoms with Gasteiger partial charge in [0.15, 0.2) is 11.5 Å². The summed E-state index contributed by atoms with van der Waals surface area (Å²) in [4.78, 5) is 25.0. The highest BCUT2D eigenvalue weighted by Gasteiger charge is 2.24. The maximum Gasteiger partial charge on any atom is 0.257 e. The predicted octanol–water partition coefficient (Wildman–Crippen LogP) is 2.28. The van der Waals surface area contributed by atoms with Crippen LogP contribution in [0.2, 0.25) is 0 Å². The van der Waals surface area contributed by atoms with Gasteiger partial charge in [-0.2, -0.15) is 0 Å². The maximum atomic E-state index is 12.7. The van der Waals surface area contributed by atoms with Crippen molar-refractivity contribution in [1.82, 2.24) is 14.9 Å². The van der Waals surface area contributed by atoms with Crippen molar-refractivity contribution < 1.29 is 9.84 Å². The second kappa shape index (κ2) is 7.83. The fourth-order valence-electron chi connectivity index (χ4n) is 4.23. The van der Waals surface area contributed by atoms with Crippen molar-refractivity contribution in [3.63, 3.8) is 0 Å². The molecule has 7 nitrogen and oxygen atoms in total. The summed E-state index contributed by atoms with van der Waals surface area (Å²) in [5, 5.41) is 9.98. The van der Waals surface area contributed by atoms with Gasteiger partial charge in [0.05, 0.1) is 18.4 Å². The molecule has 2 aromatic rings. The number of anilines is 1. The summed E-state index contributed by atoms with van der Waals surface area (Å²) in [5.41, 5.74) is 2.65. The molecular formula is C21H28N4O3. The first kappa shape index (κ1) is 18.8. The van der Waals surface area contributed by atoms with Gasteiger partial charge in [0.2, 0.25) is 5.95 Å². The molecule has 0 unspecified atom stereocenters. The number of phenolic OH excluding ortho intramolecular Hbond substituents is 1. The van der Waals surface area contributed by atoms with Crippen LogP contribution in [0.1, 0.15) is 36.6 Å². The summed E-state index contributed by atoms with van der Waals surface area (Å²) in [5.74, 6) is 1.96. The zero-order valence-electron chi connectivity index (χ0n) is 16.6. The zero-order valence-corrected chi connectivity index (χ0v) is 16.6. The van der Waals surface area contributed by atoms with Crippen LogP contribution in [0.15, 0.2) is 23.0 Å². The van der Waals surface area contributed by atoms with Crippen molar-refractivity contribution in [3.05, 3.63) is 45.4 Å². The summed E-state index contributed by atoms with van der Waals surface area (Å²) < 4.78 is 5.10. The molecule has 1 saturated heterocycles. The van der Waals surface area contributed by atoms with E-state index >= 15 is 0 Å². The van der Waals surface area contributed by atoms with Crippen molar-refractivity contribution in [1.29, 1.82) is 0 Å². The number of methoxy groups -OCH3 is 1. The van der Waals surface area contributed by atoms with Crippen LogP contribution >= 0.6 is 0 Å². The number of aromatic hydroxyl groups is 1. The van der Waals surface area contributed by atoms with Gasteiger partial charge in [0.25, 0.3) is 5.56 Å². The molecule has 4 rings (SSSR count). The molecule has 1 aromatic carbocycles. The number of nitrogens with one attached hydrogen (secondary N) is 1. The third-order valence-corrected chi connectivity index (χ3v) is 5.74. The molecule has 1 fully saturated rings. The Balaban J connectivity index is 1.49. The number of H-pyrrole nitrogens is 1. The highest BCUT2D eigenvalue weighted by atomic mass is 16.5. The monoisotopic (exact) mass is 384 g/mol. The van der Waals surface area contributed by atoms with E-state index in [2.05, 4.69) is 21.7 Å². The lowest BCUT2D eigenvalue weighted by atomic mass is 10.0. The SMILES string of the molecule is COc1ccc(CN2CCc3nc(N4CCC[C@H](C)C4)[nH]c(=O)c3C2)cc1O. The highest BCUT2D eigenvalue weighted by molar-refractivity contribution is 5.42. The van der Waals surface area contributed by atoms with E-state index in [1.165, 1.54) is 13.5 Å². The number of piperidine rings is 1. The number of rotatable bonds is 4. The summed E-state index contributed by atoms with van der Waals surface area (Å²) >= 11 is 0. The van der Waals surface area contributed by atoms with Crippen LogP contribution in [0, 0.1) is 5.92 Å². The number of benzene rings is 1. The summed E-state index contributed by atoms with van der Waals surface area (Å²) in [6.07, 6.45) is 3.14. The Morgan fingerprint density at radius 2 is 2.21 bits per heavy atom. The number of fused-ring (bicyclic) bond motifs is 1. The van der Waals surface area contributed by atoms with Crippen molar-refractivity contribution >= 4 is 5.95 Å². The molecule has 7 heteroatoms. The number of aromatic nitrogens is 2. The van der Waals surface area contributed by atoms with Crippen molar-refractivity contribution in [2.24, 2.45) is 5.92 Å². The maximum absolute atomic E-state index is 12.7. The third-order valence-electron chi connectivity index (χ3n) is 5.74. The van der Waals surface area contributed by atoms with E-state index in [4.69, 9.17) is 9.72 Å². The Morgan fingerprint density at radius 3 is 2.96 bits per heavy atom. The lowest BCUT2D eigenvalue weighted by Gasteiger charge is -2.33. The Labute approximate surface area is 165 Å². The molecule has 2 aliphatic rings. The molecule has 3 heterocycles. The number of hydrogen-bond acceptors (Lipinski definition) is 6. The van der Waals surface area contributed by atoms with Gasteiger partial charge in [0.1, 0.15) is 0 Å². The Hall–Kier alpha value is -2.54. The standard InChI is InChI=1S/C21H28N4O3/c1-14-4-3-8-25(11-14)21-22-17-7-9-24(13-16(17)20(27)23-21)12-15-5-6-19(28-2)18(26)10-15/h5-6,10,14,26H,3-4,7-9,11-13H2,1-2H3,(H,22,23,27)/t14-/m0/s1. The predicted molar refractivity (Wildman–Crippen MR) is 108 cm³/mol. The fourth-order valence-corrected chi connectivity index (χ4v) is 4.23. The lowest BCUT2D eigenvalue weighted by Crippen LogP contribution is -2.39. The number of aromatic amines is 1. The third kappa shape index (κ3) is 3.85. The molecule has 150 valence electrons. The van der Waals surface area contributed by atoms with Gasteiger partial charge < -0.3 is 14.7 Å². The minimum absolute atomic E-state index is 0.0273. The van der Waals surface area contributed by atoms with Crippen LogP contribution in [0.3, 0.4) is 0 Å². The second-order valence-electron chi connectivity index (χ2n) is 7.98. The van der Waals surface area contributed by atoms with Crippen molar-refractivity contribution in [3.8, 4) is 11.5 Å². The normalized spacial score (nSPS) is 20.1. The largest absolute Gasteiger partial charge is 0.504 e. The Kier molecular flexibility index (Phi) is 5.26. The Morgan fingerprint density at radius 1 is 1.36 bits per heavy atom. The molecule has 0 radical (unpaired) electrons. The van der Waals surface area contributed by atoms with E-state index in [0.29, 0.717) is 24.8 Å². The van der Waals surface area contributed by atoms with Gasteiger partial charge in [-0.05, 0) is 36.5 Å². The molecule has 0 saturated carbocycles.